The quantitative estimate of drug-likeness (QED) is 0.803. The van der Waals surface area contributed by atoms with Crippen molar-refractivity contribution in [3.05, 3.63) is 18.0 Å². The number of ether oxygens (including phenoxy) is 1. The lowest BCUT2D eigenvalue weighted by Crippen LogP contribution is -2.25. The van der Waals surface area contributed by atoms with E-state index in [0.29, 0.717) is 5.95 Å². The molecular formula is C12H21N3O. The Hall–Kier alpha value is -1.16. The molecule has 0 radical (unpaired) electrons. The summed E-state index contributed by atoms with van der Waals surface area (Å²) in [5.41, 5.74) is 1.26. The third kappa shape index (κ3) is 4.57. The molecule has 1 heterocycles. The van der Waals surface area contributed by atoms with Crippen LogP contribution in [0.3, 0.4) is 0 Å². The summed E-state index contributed by atoms with van der Waals surface area (Å²) in [6, 6.07) is 0. The summed E-state index contributed by atoms with van der Waals surface area (Å²) in [6.07, 6.45) is 4.65. The van der Waals surface area contributed by atoms with Crippen LogP contribution < -0.4 is 5.32 Å². The van der Waals surface area contributed by atoms with E-state index in [1.807, 2.05) is 19.3 Å². The Morgan fingerprint density at radius 2 is 1.94 bits per heavy atom. The standard InChI is InChI=1S/C12H21N3O/c1-10-7-13-11(14-8-10)15-9-12(2,3)5-6-16-4/h7-8H,5-6,9H2,1-4H3,(H,13,14,15). The summed E-state index contributed by atoms with van der Waals surface area (Å²) in [5.74, 6) is 0.691. The van der Waals surface area contributed by atoms with Gasteiger partial charge >= 0.3 is 0 Å². The van der Waals surface area contributed by atoms with Crippen molar-refractivity contribution in [2.24, 2.45) is 5.41 Å². The predicted octanol–water partition coefficient (Wildman–Crippen LogP) is 2.26. The summed E-state index contributed by atoms with van der Waals surface area (Å²) in [4.78, 5) is 8.42. The third-order valence-corrected chi connectivity index (χ3v) is 2.49. The van der Waals surface area contributed by atoms with E-state index in [0.717, 1.165) is 25.1 Å². The molecule has 0 unspecified atom stereocenters. The van der Waals surface area contributed by atoms with E-state index in [9.17, 15) is 0 Å². The van der Waals surface area contributed by atoms with E-state index in [1.54, 1.807) is 7.11 Å². The Labute approximate surface area is 97.5 Å². The molecule has 4 heteroatoms. The van der Waals surface area contributed by atoms with E-state index in [-0.39, 0.29) is 5.41 Å². The molecule has 0 aliphatic carbocycles. The minimum absolute atomic E-state index is 0.185. The molecule has 16 heavy (non-hydrogen) atoms. The molecule has 1 N–H and O–H groups in total. The van der Waals surface area contributed by atoms with Gasteiger partial charge in [0.05, 0.1) is 0 Å². The first-order valence-corrected chi connectivity index (χ1v) is 5.55. The van der Waals surface area contributed by atoms with Crippen LogP contribution in [0.15, 0.2) is 12.4 Å². The minimum atomic E-state index is 0.185. The van der Waals surface area contributed by atoms with E-state index < -0.39 is 0 Å². The van der Waals surface area contributed by atoms with Crippen LogP contribution in [0.1, 0.15) is 25.8 Å². The fraction of sp³-hybridized carbons (Fsp3) is 0.667. The molecule has 0 aromatic carbocycles. The van der Waals surface area contributed by atoms with Gasteiger partial charge in [0.25, 0.3) is 0 Å². The number of hydrogen-bond acceptors (Lipinski definition) is 4. The molecule has 0 saturated heterocycles. The number of nitrogens with zero attached hydrogens (tertiary/aromatic N) is 2. The second-order valence-electron chi connectivity index (χ2n) is 4.84. The van der Waals surface area contributed by atoms with Crippen LogP contribution >= 0.6 is 0 Å². The van der Waals surface area contributed by atoms with E-state index >= 15 is 0 Å². The zero-order chi connectivity index (χ0) is 12.0. The Morgan fingerprint density at radius 1 is 1.31 bits per heavy atom. The Balaban J connectivity index is 2.41. The van der Waals surface area contributed by atoms with Gasteiger partial charge in [-0.2, -0.15) is 0 Å². The van der Waals surface area contributed by atoms with Gasteiger partial charge in [0.15, 0.2) is 0 Å². The van der Waals surface area contributed by atoms with Crippen molar-refractivity contribution in [2.45, 2.75) is 27.2 Å². The molecule has 0 aliphatic heterocycles. The highest BCUT2D eigenvalue weighted by Gasteiger charge is 2.17. The fourth-order valence-electron chi connectivity index (χ4n) is 1.27. The van der Waals surface area contributed by atoms with Crippen molar-refractivity contribution in [1.29, 1.82) is 0 Å². The van der Waals surface area contributed by atoms with Gasteiger partial charge in [-0.1, -0.05) is 13.8 Å². The maximum atomic E-state index is 5.09. The largest absolute Gasteiger partial charge is 0.385 e. The van der Waals surface area contributed by atoms with E-state index in [2.05, 4.69) is 29.1 Å². The Kier molecular flexibility index (Phi) is 4.68. The second-order valence-corrected chi connectivity index (χ2v) is 4.84. The molecule has 0 amide bonds. The molecule has 0 bridgehead atoms. The number of aromatic nitrogens is 2. The molecule has 0 saturated carbocycles. The van der Waals surface area contributed by atoms with Gasteiger partial charge in [0, 0.05) is 32.7 Å². The van der Waals surface area contributed by atoms with Gasteiger partial charge in [-0.25, -0.2) is 9.97 Å². The smallest absolute Gasteiger partial charge is 0.222 e. The molecule has 90 valence electrons. The monoisotopic (exact) mass is 223 g/mol. The van der Waals surface area contributed by atoms with Gasteiger partial charge in [-0.05, 0) is 24.3 Å². The predicted molar refractivity (Wildman–Crippen MR) is 65.5 cm³/mol. The van der Waals surface area contributed by atoms with E-state index in [4.69, 9.17) is 4.74 Å². The highest BCUT2D eigenvalue weighted by Crippen LogP contribution is 2.20. The lowest BCUT2D eigenvalue weighted by atomic mass is 9.90. The van der Waals surface area contributed by atoms with Crippen molar-refractivity contribution in [1.82, 2.24) is 9.97 Å². The molecule has 4 nitrogen and oxygen atoms in total. The van der Waals surface area contributed by atoms with Gasteiger partial charge in [-0.15, -0.1) is 0 Å². The van der Waals surface area contributed by atoms with Crippen molar-refractivity contribution < 1.29 is 4.74 Å². The minimum Gasteiger partial charge on any atom is -0.385 e. The second kappa shape index (κ2) is 5.80. The van der Waals surface area contributed by atoms with Gasteiger partial charge in [-0.3, -0.25) is 0 Å². The van der Waals surface area contributed by atoms with Crippen LogP contribution in [0.2, 0.25) is 0 Å². The number of rotatable bonds is 6. The molecule has 1 rings (SSSR count). The van der Waals surface area contributed by atoms with Crippen molar-refractivity contribution in [3.8, 4) is 0 Å². The van der Waals surface area contributed by atoms with Crippen LogP contribution in [-0.2, 0) is 4.74 Å². The van der Waals surface area contributed by atoms with E-state index in [1.165, 1.54) is 0 Å². The van der Waals surface area contributed by atoms with Crippen LogP contribution in [-0.4, -0.2) is 30.2 Å². The normalized spacial score (nSPS) is 11.5. The van der Waals surface area contributed by atoms with Crippen LogP contribution in [0.5, 0.6) is 0 Å². The van der Waals surface area contributed by atoms with Crippen molar-refractivity contribution in [3.63, 3.8) is 0 Å². The average Bonchev–Trinajstić information content (AvgIpc) is 2.26. The third-order valence-electron chi connectivity index (χ3n) is 2.49. The van der Waals surface area contributed by atoms with Crippen molar-refractivity contribution >= 4 is 5.95 Å². The number of aryl methyl sites for hydroxylation is 1. The fourth-order valence-corrected chi connectivity index (χ4v) is 1.27. The molecule has 0 atom stereocenters. The molecule has 0 aliphatic rings. The summed E-state index contributed by atoms with van der Waals surface area (Å²) < 4.78 is 5.09. The molecule has 1 aromatic heterocycles. The summed E-state index contributed by atoms with van der Waals surface area (Å²) >= 11 is 0. The highest BCUT2D eigenvalue weighted by molar-refractivity contribution is 5.24. The average molecular weight is 223 g/mol. The highest BCUT2D eigenvalue weighted by atomic mass is 16.5. The SMILES string of the molecule is COCCC(C)(C)CNc1ncc(C)cn1. The van der Waals surface area contributed by atoms with Gasteiger partial charge in [0.2, 0.25) is 5.95 Å². The molecular weight excluding hydrogens is 202 g/mol. The first-order chi connectivity index (χ1) is 7.53. The van der Waals surface area contributed by atoms with Crippen LogP contribution in [0.4, 0.5) is 5.95 Å². The summed E-state index contributed by atoms with van der Waals surface area (Å²) in [6.45, 7) is 8.01. The zero-order valence-corrected chi connectivity index (χ0v) is 10.6. The lowest BCUT2D eigenvalue weighted by Gasteiger charge is -2.24. The van der Waals surface area contributed by atoms with Crippen molar-refractivity contribution in [2.75, 3.05) is 25.6 Å². The number of methoxy groups -OCH3 is 1. The zero-order valence-electron chi connectivity index (χ0n) is 10.6. The maximum Gasteiger partial charge on any atom is 0.222 e. The van der Waals surface area contributed by atoms with Gasteiger partial charge < -0.3 is 10.1 Å². The Morgan fingerprint density at radius 3 is 2.50 bits per heavy atom. The first-order valence-electron chi connectivity index (χ1n) is 5.55. The number of anilines is 1. The number of nitrogens with one attached hydrogen (secondary N) is 1. The molecule has 1 aromatic rings. The lowest BCUT2D eigenvalue weighted by molar-refractivity contribution is 0.157. The first kappa shape index (κ1) is 12.9. The molecule has 0 spiro atoms. The number of hydrogen-bond donors (Lipinski definition) is 1. The maximum absolute atomic E-state index is 5.09. The summed E-state index contributed by atoms with van der Waals surface area (Å²) in [7, 11) is 1.73. The van der Waals surface area contributed by atoms with Crippen LogP contribution in [0, 0.1) is 12.3 Å². The molecule has 0 fully saturated rings. The summed E-state index contributed by atoms with van der Waals surface area (Å²) in [5, 5.41) is 3.24. The van der Waals surface area contributed by atoms with Gasteiger partial charge in [0.1, 0.15) is 0 Å². The Bertz CT molecular complexity index is 309. The van der Waals surface area contributed by atoms with Crippen LogP contribution in [0.25, 0.3) is 0 Å². The topological polar surface area (TPSA) is 47.0 Å².